The number of benzene rings is 7. The number of hydrogen-bond donors (Lipinski definition) is 0. The number of aromatic nitrogens is 3. The molecule has 0 amide bonds. The molecule has 1 aliphatic rings. The molecule has 7 aromatic carbocycles. The van der Waals surface area contributed by atoms with Crippen LogP contribution in [0.1, 0.15) is 22.3 Å². The van der Waals surface area contributed by atoms with E-state index in [1.54, 1.807) is 0 Å². The van der Waals surface area contributed by atoms with E-state index < -0.39 is 5.41 Å². The lowest BCUT2D eigenvalue weighted by Crippen LogP contribution is -2.28. The highest BCUT2D eigenvalue weighted by Gasteiger charge is 2.45. The average Bonchev–Trinajstić information content (AvgIpc) is 3.77. The van der Waals surface area contributed by atoms with Crippen LogP contribution < -0.4 is 0 Å². The van der Waals surface area contributed by atoms with Crippen molar-refractivity contribution in [2.75, 3.05) is 0 Å². The molecule has 10 aromatic rings. The summed E-state index contributed by atoms with van der Waals surface area (Å²) in [7, 11) is 0. The van der Waals surface area contributed by atoms with Gasteiger partial charge in [0.05, 0.1) is 27.5 Å². The molecule has 0 aliphatic heterocycles. The van der Waals surface area contributed by atoms with Crippen LogP contribution in [0.15, 0.2) is 164 Å². The van der Waals surface area contributed by atoms with E-state index in [1.165, 1.54) is 60.8 Å². The zero-order valence-corrected chi connectivity index (χ0v) is 25.9. The number of hydrogen-bond acceptors (Lipinski definition) is 2. The van der Waals surface area contributed by atoms with E-state index in [0.29, 0.717) is 0 Å². The van der Waals surface area contributed by atoms with Gasteiger partial charge >= 0.3 is 0 Å². The van der Waals surface area contributed by atoms with Gasteiger partial charge in [-0.05, 0) is 80.9 Å². The molecule has 48 heavy (non-hydrogen) atoms. The summed E-state index contributed by atoms with van der Waals surface area (Å²) in [5.74, 6) is 0. The van der Waals surface area contributed by atoms with Crippen molar-refractivity contribution in [1.82, 2.24) is 14.4 Å². The normalized spacial score (nSPS) is 13.6. The van der Waals surface area contributed by atoms with Gasteiger partial charge in [-0.3, -0.25) is 4.40 Å². The number of para-hydroxylation sites is 3. The molecule has 0 bridgehead atoms. The van der Waals surface area contributed by atoms with Crippen LogP contribution in [0, 0.1) is 0 Å². The highest BCUT2D eigenvalue weighted by atomic mass is 15.0. The van der Waals surface area contributed by atoms with Gasteiger partial charge in [0.25, 0.3) is 0 Å². The smallest absolute Gasteiger partial charge is 0.165 e. The van der Waals surface area contributed by atoms with E-state index in [-0.39, 0.29) is 0 Å². The maximum absolute atomic E-state index is 5.20. The molecule has 0 spiro atoms. The van der Waals surface area contributed by atoms with E-state index in [4.69, 9.17) is 9.97 Å². The van der Waals surface area contributed by atoms with Crippen LogP contribution in [0.25, 0.3) is 71.6 Å². The van der Waals surface area contributed by atoms with Crippen LogP contribution >= 0.6 is 0 Å². The predicted molar refractivity (Wildman–Crippen MR) is 197 cm³/mol. The van der Waals surface area contributed by atoms with Crippen molar-refractivity contribution in [1.29, 1.82) is 0 Å². The molecule has 0 saturated heterocycles. The summed E-state index contributed by atoms with van der Waals surface area (Å²) in [5.41, 5.74) is 15.7. The van der Waals surface area contributed by atoms with Crippen molar-refractivity contribution in [3.8, 4) is 22.3 Å². The molecule has 0 unspecified atom stereocenters. The molecule has 0 radical (unpaired) electrons. The highest BCUT2D eigenvalue weighted by molar-refractivity contribution is 6.23. The maximum Gasteiger partial charge on any atom is 0.165 e. The monoisotopic (exact) mass is 609 g/mol. The highest BCUT2D eigenvalue weighted by Crippen LogP contribution is 2.56. The van der Waals surface area contributed by atoms with Crippen LogP contribution in [0.3, 0.4) is 0 Å². The zero-order valence-electron chi connectivity index (χ0n) is 25.9. The average molecular weight is 610 g/mol. The van der Waals surface area contributed by atoms with Crippen molar-refractivity contribution >= 4 is 49.4 Å². The van der Waals surface area contributed by atoms with Gasteiger partial charge < -0.3 is 0 Å². The first-order valence-corrected chi connectivity index (χ1v) is 16.5. The van der Waals surface area contributed by atoms with Gasteiger partial charge in [0, 0.05) is 16.2 Å². The summed E-state index contributed by atoms with van der Waals surface area (Å²) in [6.45, 7) is 0. The third-order valence-electron chi connectivity index (χ3n) is 10.6. The first kappa shape index (κ1) is 25.8. The Bertz CT molecular complexity index is 2850. The van der Waals surface area contributed by atoms with Crippen molar-refractivity contribution in [2.24, 2.45) is 0 Å². The van der Waals surface area contributed by atoms with Crippen molar-refractivity contribution < 1.29 is 0 Å². The predicted octanol–water partition coefficient (Wildman–Crippen LogP) is 10.8. The second kappa shape index (κ2) is 9.37. The summed E-state index contributed by atoms with van der Waals surface area (Å²) in [5, 5.41) is 3.59. The molecule has 3 heterocycles. The Morgan fingerprint density at radius 2 is 1.06 bits per heavy atom. The van der Waals surface area contributed by atoms with Crippen molar-refractivity contribution in [3.05, 3.63) is 186 Å². The molecule has 0 N–H and O–H groups in total. The summed E-state index contributed by atoms with van der Waals surface area (Å²) in [6, 6.07) is 59.6. The van der Waals surface area contributed by atoms with Gasteiger partial charge in [0.15, 0.2) is 5.65 Å². The SMILES string of the molecule is c1ccc(C2(c3ccccc3)c3ccccc3-c3cc(-c4cc5c6ccccc6n6c7nc8ccccc8nc7c(c4)c56)ccc32)cc1. The lowest BCUT2D eigenvalue weighted by atomic mass is 9.67. The minimum atomic E-state index is -0.409. The van der Waals surface area contributed by atoms with E-state index in [9.17, 15) is 0 Å². The summed E-state index contributed by atoms with van der Waals surface area (Å²) in [6.07, 6.45) is 0. The topological polar surface area (TPSA) is 30.2 Å². The molecule has 0 fully saturated rings. The lowest BCUT2D eigenvalue weighted by Gasteiger charge is -2.33. The van der Waals surface area contributed by atoms with Gasteiger partial charge in [0.1, 0.15) is 5.52 Å². The molecule has 3 aromatic heterocycles. The van der Waals surface area contributed by atoms with Gasteiger partial charge in [-0.15, -0.1) is 0 Å². The minimum absolute atomic E-state index is 0.409. The van der Waals surface area contributed by atoms with E-state index in [1.807, 2.05) is 18.2 Å². The van der Waals surface area contributed by atoms with Crippen LogP contribution in [0.4, 0.5) is 0 Å². The Kier molecular flexibility index (Phi) is 5.04. The van der Waals surface area contributed by atoms with Gasteiger partial charge in [-0.1, -0.05) is 127 Å². The molecule has 0 saturated carbocycles. The standard InChI is InChI=1S/C45H27N3/c1-3-13-30(14-4-1)45(31-15-5-2-6-16-31)37-19-9-7-17-32(37)34-25-28(23-24-38(34)45)29-26-35-33-18-8-12-22-41(33)48-43(35)36(27-29)42-44(48)47-40-21-11-10-20-39(40)46-42/h1-27H. The van der Waals surface area contributed by atoms with E-state index >= 15 is 0 Å². The zero-order chi connectivity index (χ0) is 31.4. The third-order valence-corrected chi connectivity index (χ3v) is 10.6. The molecule has 222 valence electrons. The van der Waals surface area contributed by atoms with Crippen LogP contribution in [-0.2, 0) is 5.41 Å². The Hall–Kier alpha value is -6.32. The van der Waals surface area contributed by atoms with Crippen LogP contribution in [0.2, 0.25) is 0 Å². The summed E-state index contributed by atoms with van der Waals surface area (Å²) in [4.78, 5) is 10.4. The molecule has 11 rings (SSSR count). The quantitative estimate of drug-likeness (QED) is 0.199. The Labute approximate surface area is 276 Å². The van der Waals surface area contributed by atoms with Crippen molar-refractivity contribution in [2.45, 2.75) is 5.41 Å². The maximum atomic E-state index is 5.20. The van der Waals surface area contributed by atoms with E-state index in [0.717, 1.165) is 33.1 Å². The summed E-state index contributed by atoms with van der Waals surface area (Å²) >= 11 is 0. The minimum Gasteiger partial charge on any atom is -0.291 e. The summed E-state index contributed by atoms with van der Waals surface area (Å²) < 4.78 is 2.31. The number of rotatable bonds is 3. The van der Waals surface area contributed by atoms with Gasteiger partial charge in [0.2, 0.25) is 0 Å². The van der Waals surface area contributed by atoms with Gasteiger partial charge in [-0.2, -0.15) is 0 Å². The first-order chi connectivity index (χ1) is 23.8. The second-order valence-corrected chi connectivity index (χ2v) is 12.9. The van der Waals surface area contributed by atoms with Crippen molar-refractivity contribution in [3.63, 3.8) is 0 Å². The first-order valence-electron chi connectivity index (χ1n) is 16.5. The van der Waals surface area contributed by atoms with Gasteiger partial charge in [-0.25, -0.2) is 9.97 Å². The molecular formula is C45H27N3. The second-order valence-electron chi connectivity index (χ2n) is 12.9. The fourth-order valence-corrected chi connectivity index (χ4v) is 8.62. The Morgan fingerprint density at radius 1 is 0.438 bits per heavy atom. The van der Waals surface area contributed by atoms with E-state index in [2.05, 4.69) is 150 Å². The third kappa shape index (κ3) is 3.22. The van der Waals surface area contributed by atoms with Crippen LogP contribution in [0.5, 0.6) is 0 Å². The molecule has 1 aliphatic carbocycles. The molecule has 3 nitrogen and oxygen atoms in total. The Balaban J connectivity index is 1.22. The largest absolute Gasteiger partial charge is 0.291 e. The number of nitrogens with zero attached hydrogens (tertiary/aromatic N) is 3. The molecular weight excluding hydrogens is 583 g/mol. The molecule has 3 heteroatoms. The Morgan fingerprint density at radius 3 is 1.85 bits per heavy atom. The fraction of sp³-hybridized carbons (Fsp3) is 0.0222. The molecule has 0 atom stereocenters. The lowest BCUT2D eigenvalue weighted by molar-refractivity contribution is 0.768. The fourth-order valence-electron chi connectivity index (χ4n) is 8.62. The van der Waals surface area contributed by atoms with Crippen LogP contribution in [-0.4, -0.2) is 14.4 Å². The number of fused-ring (bicyclic) bond motifs is 10.